The number of sulfonamides is 1. The van der Waals surface area contributed by atoms with Gasteiger partial charge in [0.2, 0.25) is 10.0 Å². The Kier molecular flexibility index (Phi) is 6.86. The van der Waals surface area contributed by atoms with Crippen molar-refractivity contribution >= 4 is 27.6 Å². The number of aliphatic hydroxyl groups is 1. The molecule has 1 atom stereocenters. The van der Waals surface area contributed by atoms with Crippen LogP contribution < -0.4 is 5.32 Å². The highest BCUT2D eigenvalue weighted by Crippen LogP contribution is 2.24. The van der Waals surface area contributed by atoms with Crippen molar-refractivity contribution in [2.45, 2.75) is 11.0 Å². The fourth-order valence-corrected chi connectivity index (χ4v) is 5.92. The SMILES string of the molecule is O=S(=O)(c1ccc(-c2cc(NCC(O)c3ccccc3)ncn2)cc1)N1CCSCC1. The van der Waals surface area contributed by atoms with Gasteiger partial charge >= 0.3 is 0 Å². The Balaban J connectivity index is 1.45. The Morgan fingerprint density at radius 1 is 1.03 bits per heavy atom. The summed E-state index contributed by atoms with van der Waals surface area (Å²) in [5.74, 6) is 2.24. The third kappa shape index (κ3) is 5.24. The van der Waals surface area contributed by atoms with E-state index >= 15 is 0 Å². The Labute approximate surface area is 186 Å². The fourth-order valence-electron chi connectivity index (χ4n) is 3.34. The molecule has 0 aliphatic carbocycles. The second kappa shape index (κ2) is 9.78. The molecular weight excluding hydrogens is 432 g/mol. The third-order valence-electron chi connectivity index (χ3n) is 5.09. The minimum Gasteiger partial charge on any atom is -0.387 e. The van der Waals surface area contributed by atoms with E-state index in [4.69, 9.17) is 0 Å². The first kappa shape index (κ1) is 21.8. The van der Waals surface area contributed by atoms with Crippen molar-refractivity contribution in [2.24, 2.45) is 0 Å². The summed E-state index contributed by atoms with van der Waals surface area (Å²) in [5.41, 5.74) is 2.29. The summed E-state index contributed by atoms with van der Waals surface area (Å²) in [6.07, 6.45) is 0.792. The number of nitrogens with one attached hydrogen (secondary N) is 1. The number of aliphatic hydroxyl groups excluding tert-OH is 1. The second-order valence-corrected chi connectivity index (χ2v) is 10.3. The van der Waals surface area contributed by atoms with Crippen molar-refractivity contribution < 1.29 is 13.5 Å². The van der Waals surface area contributed by atoms with Gasteiger partial charge in [-0.25, -0.2) is 18.4 Å². The molecular formula is C22H24N4O3S2. The molecule has 1 aromatic heterocycles. The zero-order chi connectivity index (χ0) is 21.7. The molecule has 0 saturated carbocycles. The molecule has 7 nitrogen and oxygen atoms in total. The zero-order valence-corrected chi connectivity index (χ0v) is 18.5. The molecule has 0 amide bonds. The molecule has 2 aromatic carbocycles. The normalized spacial score (nSPS) is 16.0. The Bertz CT molecular complexity index is 1100. The number of nitrogens with zero attached hydrogens (tertiary/aromatic N) is 3. The molecule has 31 heavy (non-hydrogen) atoms. The first-order valence-corrected chi connectivity index (χ1v) is 12.6. The Morgan fingerprint density at radius 2 is 1.74 bits per heavy atom. The fraction of sp³-hybridized carbons (Fsp3) is 0.273. The van der Waals surface area contributed by atoms with Crippen LogP contribution in [-0.4, -0.2) is 58.9 Å². The van der Waals surface area contributed by atoms with E-state index in [1.807, 2.05) is 30.3 Å². The maximum absolute atomic E-state index is 12.8. The van der Waals surface area contributed by atoms with Gasteiger partial charge in [-0.2, -0.15) is 16.1 Å². The van der Waals surface area contributed by atoms with Gasteiger partial charge in [-0.1, -0.05) is 42.5 Å². The molecule has 0 bridgehead atoms. The van der Waals surface area contributed by atoms with E-state index in [1.165, 1.54) is 6.33 Å². The quantitative estimate of drug-likeness (QED) is 0.564. The van der Waals surface area contributed by atoms with Gasteiger partial charge in [0, 0.05) is 42.8 Å². The number of rotatable bonds is 7. The molecule has 2 N–H and O–H groups in total. The molecule has 1 fully saturated rings. The van der Waals surface area contributed by atoms with Gasteiger partial charge in [0.25, 0.3) is 0 Å². The van der Waals surface area contributed by atoms with Gasteiger partial charge in [0.1, 0.15) is 12.1 Å². The summed E-state index contributed by atoms with van der Waals surface area (Å²) in [6.45, 7) is 1.40. The van der Waals surface area contributed by atoms with Crippen LogP contribution in [0.4, 0.5) is 5.82 Å². The summed E-state index contributed by atoms with van der Waals surface area (Å²) >= 11 is 1.77. The highest BCUT2D eigenvalue weighted by molar-refractivity contribution is 7.99. The average molecular weight is 457 g/mol. The van der Waals surface area contributed by atoms with Crippen molar-refractivity contribution in [3.05, 3.63) is 72.6 Å². The van der Waals surface area contributed by atoms with E-state index in [0.29, 0.717) is 36.0 Å². The Morgan fingerprint density at radius 3 is 2.45 bits per heavy atom. The molecule has 4 rings (SSSR count). The molecule has 1 unspecified atom stereocenters. The molecule has 0 spiro atoms. The maximum atomic E-state index is 12.8. The molecule has 1 aliphatic rings. The number of benzene rings is 2. The van der Waals surface area contributed by atoms with E-state index in [1.54, 1.807) is 46.4 Å². The van der Waals surface area contributed by atoms with Crippen LogP contribution in [0.3, 0.4) is 0 Å². The molecule has 0 radical (unpaired) electrons. The van der Waals surface area contributed by atoms with E-state index in [0.717, 1.165) is 22.6 Å². The lowest BCUT2D eigenvalue weighted by Gasteiger charge is -2.25. The lowest BCUT2D eigenvalue weighted by atomic mass is 10.1. The molecule has 9 heteroatoms. The summed E-state index contributed by atoms with van der Waals surface area (Å²) in [5, 5.41) is 13.4. The summed E-state index contributed by atoms with van der Waals surface area (Å²) < 4.78 is 27.2. The molecule has 1 saturated heterocycles. The van der Waals surface area contributed by atoms with Crippen molar-refractivity contribution in [3.8, 4) is 11.3 Å². The summed E-state index contributed by atoms with van der Waals surface area (Å²) in [7, 11) is -3.47. The van der Waals surface area contributed by atoms with Gasteiger partial charge in [0.05, 0.1) is 16.7 Å². The lowest BCUT2D eigenvalue weighted by Crippen LogP contribution is -2.37. The van der Waals surface area contributed by atoms with E-state index in [-0.39, 0.29) is 0 Å². The van der Waals surface area contributed by atoms with Gasteiger partial charge < -0.3 is 10.4 Å². The second-order valence-electron chi connectivity index (χ2n) is 7.14. The molecule has 162 valence electrons. The van der Waals surface area contributed by atoms with E-state index in [9.17, 15) is 13.5 Å². The van der Waals surface area contributed by atoms with Crippen molar-refractivity contribution in [3.63, 3.8) is 0 Å². The topological polar surface area (TPSA) is 95.4 Å². The zero-order valence-electron chi connectivity index (χ0n) is 16.9. The number of anilines is 1. The van der Waals surface area contributed by atoms with E-state index in [2.05, 4.69) is 15.3 Å². The average Bonchev–Trinajstić information content (AvgIpc) is 2.84. The van der Waals surface area contributed by atoms with Crippen molar-refractivity contribution in [2.75, 3.05) is 36.5 Å². The third-order valence-corrected chi connectivity index (χ3v) is 7.94. The van der Waals surface area contributed by atoms with Crippen LogP contribution in [-0.2, 0) is 10.0 Å². The van der Waals surface area contributed by atoms with Crippen molar-refractivity contribution in [1.82, 2.24) is 14.3 Å². The highest BCUT2D eigenvalue weighted by atomic mass is 32.2. The van der Waals surface area contributed by atoms with Gasteiger partial charge in [0.15, 0.2) is 0 Å². The number of thioether (sulfide) groups is 1. The molecule has 1 aliphatic heterocycles. The first-order valence-electron chi connectivity index (χ1n) is 10.0. The minimum atomic E-state index is -3.47. The molecule has 3 aromatic rings. The van der Waals surface area contributed by atoms with Crippen LogP contribution in [0, 0.1) is 0 Å². The predicted octanol–water partition coefficient (Wildman–Crippen LogP) is 3.03. The van der Waals surface area contributed by atoms with Crippen molar-refractivity contribution in [1.29, 1.82) is 0 Å². The highest BCUT2D eigenvalue weighted by Gasteiger charge is 2.26. The smallest absolute Gasteiger partial charge is 0.243 e. The monoisotopic (exact) mass is 456 g/mol. The largest absolute Gasteiger partial charge is 0.387 e. The van der Waals surface area contributed by atoms with Crippen LogP contribution in [0.25, 0.3) is 11.3 Å². The van der Waals surface area contributed by atoms with E-state index < -0.39 is 16.1 Å². The molecule has 2 heterocycles. The van der Waals surface area contributed by atoms with Crippen LogP contribution in [0.2, 0.25) is 0 Å². The maximum Gasteiger partial charge on any atom is 0.243 e. The number of hydrogen-bond acceptors (Lipinski definition) is 7. The summed E-state index contributed by atoms with van der Waals surface area (Å²) in [6, 6.07) is 18.0. The van der Waals surface area contributed by atoms with Gasteiger partial charge in [-0.05, 0) is 17.7 Å². The first-order chi connectivity index (χ1) is 15.0. The Hall–Kier alpha value is -2.46. The van der Waals surface area contributed by atoms with Crippen LogP contribution in [0.1, 0.15) is 11.7 Å². The standard InChI is InChI=1S/C22H24N4O3S2/c27-21(18-4-2-1-3-5-18)15-23-22-14-20(24-16-25-22)17-6-8-19(9-7-17)31(28,29)26-10-12-30-13-11-26/h1-9,14,16,21,27H,10-13,15H2,(H,23,24,25). The van der Waals surface area contributed by atoms with Crippen LogP contribution in [0.5, 0.6) is 0 Å². The lowest BCUT2D eigenvalue weighted by molar-refractivity contribution is 0.191. The van der Waals surface area contributed by atoms with Crippen LogP contribution in [0.15, 0.2) is 71.9 Å². The van der Waals surface area contributed by atoms with Gasteiger partial charge in [-0.15, -0.1) is 0 Å². The number of hydrogen-bond donors (Lipinski definition) is 2. The van der Waals surface area contributed by atoms with Crippen LogP contribution >= 0.6 is 11.8 Å². The predicted molar refractivity (Wildman–Crippen MR) is 123 cm³/mol. The summed E-state index contributed by atoms with van der Waals surface area (Å²) in [4.78, 5) is 8.80. The van der Waals surface area contributed by atoms with Gasteiger partial charge in [-0.3, -0.25) is 0 Å². The minimum absolute atomic E-state index is 0.293. The number of aromatic nitrogens is 2.